The summed E-state index contributed by atoms with van der Waals surface area (Å²) in [6.45, 7) is 0. The Kier molecular flexibility index (Phi) is 1.41. The number of H-pyrrole nitrogens is 1. The van der Waals surface area contributed by atoms with Crippen LogP contribution in [0.15, 0.2) is 41.4 Å². The van der Waals surface area contributed by atoms with Crippen molar-refractivity contribution in [2.75, 3.05) is 0 Å². The van der Waals surface area contributed by atoms with Crippen molar-refractivity contribution in [1.29, 1.82) is 0 Å². The molecule has 2 aromatic heterocycles. The second-order valence-corrected chi connectivity index (χ2v) is 2.97. The Morgan fingerprint density at radius 1 is 1.21 bits per heavy atom. The fourth-order valence-corrected chi connectivity index (χ4v) is 1.43. The molecule has 4 heteroatoms. The number of nitrogens with one attached hydrogen (secondary N) is 1. The highest BCUT2D eigenvalue weighted by molar-refractivity contribution is 5.78. The molecular weight excluding hydrogens is 178 g/mol. The molecule has 1 N–H and O–H groups in total. The Bertz CT molecular complexity index is 554. The average Bonchev–Trinajstić information content (AvgIpc) is 2.88. The summed E-state index contributed by atoms with van der Waals surface area (Å²) in [5.41, 5.74) is 2.65. The molecule has 68 valence electrons. The van der Waals surface area contributed by atoms with E-state index in [1.807, 2.05) is 18.2 Å². The number of aromatic amines is 1. The van der Waals surface area contributed by atoms with Crippen LogP contribution in [0.1, 0.15) is 0 Å². The van der Waals surface area contributed by atoms with Crippen LogP contribution in [0, 0.1) is 0 Å². The Hall–Kier alpha value is -2.10. The maximum atomic E-state index is 5.15. The quantitative estimate of drug-likeness (QED) is 0.632. The standard InChI is InChI=1S/C10H7N3O/c1-2-9-8(13-6-14-9)5-7(1)10-11-3-4-12-10/h1-6H,(H,11,12). The number of imidazole rings is 1. The Balaban J connectivity index is 2.23. The molecular formula is C10H7N3O. The summed E-state index contributed by atoms with van der Waals surface area (Å²) in [7, 11) is 0. The highest BCUT2D eigenvalue weighted by Crippen LogP contribution is 2.20. The molecule has 0 aliphatic heterocycles. The first-order valence-corrected chi connectivity index (χ1v) is 4.26. The lowest BCUT2D eigenvalue weighted by Gasteiger charge is -1.94. The predicted molar refractivity (Wildman–Crippen MR) is 51.6 cm³/mol. The molecule has 1 aromatic carbocycles. The first-order chi connectivity index (χ1) is 6.93. The minimum absolute atomic E-state index is 0.792. The summed E-state index contributed by atoms with van der Waals surface area (Å²) >= 11 is 0. The van der Waals surface area contributed by atoms with E-state index in [4.69, 9.17) is 4.42 Å². The van der Waals surface area contributed by atoms with Crippen LogP contribution < -0.4 is 0 Å². The molecule has 0 unspecified atom stereocenters. The highest BCUT2D eigenvalue weighted by Gasteiger charge is 2.03. The molecule has 0 aliphatic rings. The molecule has 3 aromatic rings. The first kappa shape index (κ1) is 7.32. The van der Waals surface area contributed by atoms with Gasteiger partial charge >= 0.3 is 0 Å². The number of rotatable bonds is 1. The van der Waals surface area contributed by atoms with Gasteiger partial charge in [-0.3, -0.25) is 0 Å². The molecule has 2 heterocycles. The summed E-state index contributed by atoms with van der Waals surface area (Å²) < 4.78 is 5.15. The Morgan fingerprint density at radius 2 is 2.21 bits per heavy atom. The van der Waals surface area contributed by atoms with Crippen molar-refractivity contribution < 1.29 is 4.42 Å². The fraction of sp³-hybridized carbons (Fsp3) is 0. The van der Waals surface area contributed by atoms with Gasteiger partial charge in [-0.25, -0.2) is 9.97 Å². The second-order valence-electron chi connectivity index (χ2n) is 2.97. The van der Waals surface area contributed by atoms with E-state index in [0.717, 1.165) is 22.5 Å². The van der Waals surface area contributed by atoms with Crippen molar-refractivity contribution in [3.63, 3.8) is 0 Å². The minimum atomic E-state index is 0.792. The van der Waals surface area contributed by atoms with E-state index in [-0.39, 0.29) is 0 Å². The monoisotopic (exact) mass is 185 g/mol. The summed E-state index contributed by atoms with van der Waals surface area (Å²) in [6.07, 6.45) is 4.96. The van der Waals surface area contributed by atoms with Crippen LogP contribution in [0.2, 0.25) is 0 Å². The molecule has 0 aliphatic carbocycles. The third-order valence-electron chi connectivity index (χ3n) is 2.10. The number of nitrogens with zero attached hydrogens (tertiary/aromatic N) is 2. The van der Waals surface area contributed by atoms with Gasteiger partial charge in [-0.1, -0.05) is 0 Å². The normalized spacial score (nSPS) is 10.9. The number of hydrogen-bond donors (Lipinski definition) is 1. The summed E-state index contributed by atoms with van der Waals surface area (Å²) in [5.74, 6) is 0.843. The summed E-state index contributed by atoms with van der Waals surface area (Å²) in [4.78, 5) is 11.3. The lowest BCUT2D eigenvalue weighted by atomic mass is 10.2. The highest BCUT2D eigenvalue weighted by atomic mass is 16.3. The molecule has 4 nitrogen and oxygen atoms in total. The molecule has 14 heavy (non-hydrogen) atoms. The molecule has 0 saturated carbocycles. The smallest absolute Gasteiger partial charge is 0.181 e. The molecule has 0 amide bonds. The fourth-order valence-electron chi connectivity index (χ4n) is 1.43. The molecule has 3 rings (SSSR count). The van der Waals surface area contributed by atoms with Crippen LogP contribution in [0.4, 0.5) is 0 Å². The predicted octanol–water partition coefficient (Wildman–Crippen LogP) is 2.22. The maximum absolute atomic E-state index is 5.15. The largest absolute Gasteiger partial charge is 0.443 e. The topological polar surface area (TPSA) is 54.7 Å². The van der Waals surface area contributed by atoms with Crippen molar-refractivity contribution in [3.05, 3.63) is 37.0 Å². The van der Waals surface area contributed by atoms with E-state index >= 15 is 0 Å². The number of hydrogen-bond acceptors (Lipinski definition) is 3. The van der Waals surface area contributed by atoms with Gasteiger partial charge in [-0.15, -0.1) is 0 Å². The van der Waals surface area contributed by atoms with Gasteiger partial charge in [-0.05, 0) is 18.2 Å². The number of aromatic nitrogens is 3. The van der Waals surface area contributed by atoms with E-state index < -0.39 is 0 Å². The van der Waals surface area contributed by atoms with Gasteiger partial charge in [0.05, 0.1) is 0 Å². The summed E-state index contributed by atoms with van der Waals surface area (Å²) in [5, 5.41) is 0. The number of benzene rings is 1. The zero-order valence-corrected chi connectivity index (χ0v) is 7.27. The van der Waals surface area contributed by atoms with Crippen molar-refractivity contribution in [1.82, 2.24) is 15.0 Å². The second kappa shape index (κ2) is 2.70. The van der Waals surface area contributed by atoms with E-state index in [1.165, 1.54) is 6.39 Å². The van der Waals surface area contributed by atoms with Gasteiger partial charge < -0.3 is 9.40 Å². The SMILES string of the molecule is c1c[nH]c(-c2ccc3ocnc3c2)n1. The van der Waals surface area contributed by atoms with Gasteiger partial charge in [-0.2, -0.15) is 0 Å². The van der Waals surface area contributed by atoms with Crippen LogP contribution in [0.25, 0.3) is 22.5 Å². The van der Waals surface area contributed by atoms with Crippen LogP contribution in [-0.4, -0.2) is 15.0 Å². The third kappa shape index (κ3) is 1.01. The van der Waals surface area contributed by atoms with E-state index in [1.54, 1.807) is 12.4 Å². The summed E-state index contributed by atoms with van der Waals surface area (Å²) in [6, 6.07) is 5.78. The molecule has 0 saturated heterocycles. The Morgan fingerprint density at radius 3 is 3.07 bits per heavy atom. The van der Waals surface area contributed by atoms with Gasteiger partial charge in [0.2, 0.25) is 0 Å². The zero-order chi connectivity index (χ0) is 9.38. The van der Waals surface area contributed by atoms with Crippen molar-refractivity contribution >= 4 is 11.1 Å². The number of oxazole rings is 1. The van der Waals surface area contributed by atoms with Crippen molar-refractivity contribution in [2.24, 2.45) is 0 Å². The van der Waals surface area contributed by atoms with Crippen LogP contribution in [0.3, 0.4) is 0 Å². The zero-order valence-electron chi connectivity index (χ0n) is 7.27. The third-order valence-corrected chi connectivity index (χ3v) is 2.10. The molecule has 0 radical (unpaired) electrons. The van der Waals surface area contributed by atoms with Gasteiger partial charge in [0, 0.05) is 18.0 Å². The Labute approximate surface area is 79.6 Å². The molecule has 0 bridgehead atoms. The molecule has 0 fully saturated rings. The lowest BCUT2D eigenvalue weighted by molar-refractivity contribution is 0.602. The van der Waals surface area contributed by atoms with E-state index in [0.29, 0.717) is 0 Å². The maximum Gasteiger partial charge on any atom is 0.181 e. The van der Waals surface area contributed by atoms with Crippen LogP contribution in [-0.2, 0) is 0 Å². The van der Waals surface area contributed by atoms with E-state index in [9.17, 15) is 0 Å². The van der Waals surface area contributed by atoms with Crippen molar-refractivity contribution in [3.8, 4) is 11.4 Å². The van der Waals surface area contributed by atoms with Gasteiger partial charge in [0.25, 0.3) is 0 Å². The minimum Gasteiger partial charge on any atom is -0.443 e. The van der Waals surface area contributed by atoms with E-state index in [2.05, 4.69) is 15.0 Å². The lowest BCUT2D eigenvalue weighted by Crippen LogP contribution is -1.79. The van der Waals surface area contributed by atoms with Crippen molar-refractivity contribution in [2.45, 2.75) is 0 Å². The molecule has 0 atom stereocenters. The van der Waals surface area contributed by atoms with Gasteiger partial charge in [0.15, 0.2) is 12.0 Å². The van der Waals surface area contributed by atoms with Gasteiger partial charge in [0.1, 0.15) is 11.3 Å². The van der Waals surface area contributed by atoms with Crippen LogP contribution >= 0.6 is 0 Å². The average molecular weight is 185 g/mol. The first-order valence-electron chi connectivity index (χ1n) is 4.26. The number of fused-ring (bicyclic) bond motifs is 1. The van der Waals surface area contributed by atoms with Crippen LogP contribution in [0.5, 0.6) is 0 Å². The molecule has 0 spiro atoms.